The van der Waals surface area contributed by atoms with E-state index >= 15 is 0 Å². The third-order valence-corrected chi connectivity index (χ3v) is 6.23. The second kappa shape index (κ2) is 7.73. The monoisotopic (exact) mass is 337 g/mol. The molecule has 1 aromatic rings. The number of aromatic nitrogens is 1. The highest BCUT2D eigenvalue weighted by Gasteiger charge is 2.31. The van der Waals surface area contributed by atoms with Crippen molar-refractivity contribution in [1.82, 2.24) is 13.6 Å². The van der Waals surface area contributed by atoms with Crippen LogP contribution in [0.15, 0.2) is 24.4 Å². The van der Waals surface area contributed by atoms with E-state index in [4.69, 9.17) is 5.26 Å². The summed E-state index contributed by atoms with van der Waals surface area (Å²) in [6.07, 6.45) is 2.67. The molecule has 7 nitrogen and oxygen atoms in total. The molecular formula is C15H23N5O2S. The minimum Gasteiger partial charge on any atom is -0.355 e. The number of nitrogens with zero attached hydrogens (tertiary/aromatic N) is 5. The van der Waals surface area contributed by atoms with E-state index in [1.165, 1.54) is 8.61 Å². The minimum atomic E-state index is -3.54. The van der Waals surface area contributed by atoms with Crippen molar-refractivity contribution in [2.75, 3.05) is 38.1 Å². The van der Waals surface area contributed by atoms with Crippen LogP contribution >= 0.6 is 0 Å². The molecule has 0 bridgehead atoms. The van der Waals surface area contributed by atoms with Gasteiger partial charge in [0, 0.05) is 45.5 Å². The highest BCUT2D eigenvalue weighted by atomic mass is 32.2. The maximum atomic E-state index is 12.7. The second-order valence-electron chi connectivity index (χ2n) is 5.66. The second-order valence-corrected chi connectivity index (χ2v) is 7.65. The Hall–Kier alpha value is -1.69. The van der Waals surface area contributed by atoms with Crippen molar-refractivity contribution >= 4 is 16.0 Å². The van der Waals surface area contributed by atoms with Crippen molar-refractivity contribution in [3.63, 3.8) is 0 Å². The lowest BCUT2D eigenvalue weighted by atomic mass is 10.3. The van der Waals surface area contributed by atoms with E-state index in [0.717, 1.165) is 18.8 Å². The zero-order valence-corrected chi connectivity index (χ0v) is 14.4. The molecule has 23 heavy (non-hydrogen) atoms. The molecule has 0 radical (unpaired) electrons. The van der Waals surface area contributed by atoms with E-state index in [0.29, 0.717) is 19.6 Å². The fourth-order valence-corrected chi connectivity index (χ4v) is 4.13. The molecule has 1 saturated heterocycles. The van der Waals surface area contributed by atoms with Crippen LogP contribution in [0.3, 0.4) is 0 Å². The zero-order valence-electron chi connectivity index (χ0n) is 13.6. The molecule has 1 fully saturated rings. The third kappa shape index (κ3) is 4.19. The van der Waals surface area contributed by atoms with Gasteiger partial charge in [0.25, 0.3) is 10.2 Å². The molecule has 1 aromatic heterocycles. The summed E-state index contributed by atoms with van der Waals surface area (Å²) in [5, 5.41) is 8.77. The fraction of sp³-hybridized carbons (Fsp3) is 0.600. The van der Waals surface area contributed by atoms with Gasteiger partial charge >= 0.3 is 0 Å². The highest BCUT2D eigenvalue weighted by Crippen LogP contribution is 2.17. The smallest absolute Gasteiger partial charge is 0.282 e. The van der Waals surface area contributed by atoms with Crippen molar-refractivity contribution in [1.29, 1.82) is 5.26 Å². The van der Waals surface area contributed by atoms with E-state index in [2.05, 4.69) is 9.88 Å². The molecule has 1 aliphatic rings. The molecule has 1 unspecified atom stereocenters. The molecule has 0 aromatic carbocycles. The van der Waals surface area contributed by atoms with E-state index in [9.17, 15) is 8.42 Å². The van der Waals surface area contributed by atoms with Crippen molar-refractivity contribution in [3.8, 4) is 6.07 Å². The SMILES string of the molecule is CC(CC#N)N(C)S(=O)(=O)N1CCCN(c2ccccn2)CC1. The maximum Gasteiger partial charge on any atom is 0.282 e. The summed E-state index contributed by atoms with van der Waals surface area (Å²) < 4.78 is 28.2. The lowest BCUT2D eigenvalue weighted by Gasteiger charge is -2.29. The van der Waals surface area contributed by atoms with Gasteiger partial charge in [-0.1, -0.05) is 6.07 Å². The van der Waals surface area contributed by atoms with E-state index < -0.39 is 10.2 Å². The van der Waals surface area contributed by atoms with Gasteiger partial charge in [-0.05, 0) is 25.5 Å². The van der Waals surface area contributed by atoms with Crippen LogP contribution in [-0.2, 0) is 10.2 Å². The van der Waals surface area contributed by atoms with Gasteiger partial charge in [0.2, 0.25) is 0 Å². The first-order chi connectivity index (χ1) is 11.0. The van der Waals surface area contributed by atoms with Gasteiger partial charge in [0.05, 0.1) is 12.5 Å². The maximum absolute atomic E-state index is 12.7. The molecule has 1 aliphatic heterocycles. The van der Waals surface area contributed by atoms with Gasteiger partial charge < -0.3 is 4.90 Å². The van der Waals surface area contributed by atoms with Gasteiger partial charge in [-0.25, -0.2) is 4.98 Å². The normalized spacial score (nSPS) is 18.4. The number of pyridine rings is 1. The quantitative estimate of drug-likeness (QED) is 0.803. The van der Waals surface area contributed by atoms with Gasteiger partial charge in [-0.2, -0.15) is 22.3 Å². The standard InChI is InChI=1S/C15H23N5O2S/c1-14(7-8-16)18(2)23(21,22)20-11-5-10-19(12-13-20)15-6-3-4-9-17-15/h3-4,6,9,14H,5,7,10-13H2,1-2H3. The number of anilines is 1. The summed E-state index contributed by atoms with van der Waals surface area (Å²) in [5.41, 5.74) is 0. The van der Waals surface area contributed by atoms with Gasteiger partial charge in [-0.3, -0.25) is 0 Å². The molecule has 0 N–H and O–H groups in total. The summed E-state index contributed by atoms with van der Waals surface area (Å²) in [6, 6.07) is 7.42. The predicted octanol–water partition coefficient (Wildman–Crippen LogP) is 1.07. The number of hydrogen-bond donors (Lipinski definition) is 0. The Balaban J connectivity index is 2.06. The highest BCUT2D eigenvalue weighted by molar-refractivity contribution is 7.86. The van der Waals surface area contributed by atoms with Crippen LogP contribution in [0.1, 0.15) is 19.8 Å². The molecule has 126 valence electrons. The van der Waals surface area contributed by atoms with Gasteiger partial charge in [-0.15, -0.1) is 0 Å². The van der Waals surface area contributed by atoms with Crippen LogP contribution in [-0.4, -0.2) is 61.3 Å². The van der Waals surface area contributed by atoms with Crippen LogP contribution in [0.25, 0.3) is 0 Å². The van der Waals surface area contributed by atoms with E-state index in [-0.39, 0.29) is 12.5 Å². The molecule has 2 rings (SSSR count). The minimum absolute atomic E-state index is 0.184. The van der Waals surface area contributed by atoms with Crippen LogP contribution in [0.4, 0.5) is 5.82 Å². The van der Waals surface area contributed by atoms with Crippen LogP contribution < -0.4 is 4.90 Å². The molecule has 1 atom stereocenters. The topological polar surface area (TPSA) is 80.5 Å². The molecule has 0 saturated carbocycles. The summed E-state index contributed by atoms with van der Waals surface area (Å²) in [7, 11) is -2.00. The number of hydrogen-bond acceptors (Lipinski definition) is 5. The van der Waals surface area contributed by atoms with Crippen LogP contribution in [0, 0.1) is 11.3 Å². The summed E-state index contributed by atoms with van der Waals surface area (Å²) in [5.74, 6) is 0.873. The van der Waals surface area contributed by atoms with Crippen molar-refractivity contribution in [2.45, 2.75) is 25.8 Å². The van der Waals surface area contributed by atoms with Crippen molar-refractivity contribution in [3.05, 3.63) is 24.4 Å². The average Bonchev–Trinajstić information content (AvgIpc) is 2.81. The Morgan fingerprint density at radius 3 is 2.78 bits per heavy atom. The number of nitriles is 1. The van der Waals surface area contributed by atoms with E-state index in [1.807, 2.05) is 24.3 Å². The Kier molecular flexibility index (Phi) is 5.93. The predicted molar refractivity (Wildman–Crippen MR) is 89.0 cm³/mol. The first-order valence-electron chi connectivity index (χ1n) is 7.73. The molecule has 2 heterocycles. The lowest BCUT2D eigenvalue weighted by Crippen LogP contribution is -2.46. The largest absolute Gasteiger partial charge is 0.355 e. The Labute approximate surface area is 138 Å². The van der Waals surface area contributed by atoms with Crippen LogP contribution in [0.2, 0.25) is 0 Å². The van der Waals surface area contributed by atoms with E-state index in [1.54, 1.807) is 20.2 Å². The van der Waals surface area contributed by atoms with Crippen molar-refractivity contribution in [2.24, 2.45) is 0 Å². The first-order valence-corrected chi connectivity index (χ1v) is 9.12. The Morgan fingerprint density at radius 2 is 2.13 bits per heavy atom. The first kappa shape index (κ1) is 17.7. The Bertz CT molecular complexity index is 644. The molecular weight excluding hydrogens is 314 g/mol. The Morgan fingerprint density at radius 1 is 1.35 bits per heavy atom. The lowest BCUT2D eigenvalue weighted by molar-refractivity contribution is 0.334. The van der Waals surface area contributed by atoms with Gasteiger partial charge in [0.1, 0.15) is 5.82 Å². The average molecular weight is 337 g/mol. The summed E-state index contributed by atoms with van der Waals surface area (Å²) >= 11 is 0. The zero-order chi connectivity index (χ0) is 16.9. The molecule has 0 amide bonds. The summed E-state index contributed by atoms with van der Waals surface area (Å²) in [4.78, 5) is 6.44. The molecule has 0 aliphatic carbocycles. The van der Waals surface area contributed by atoms with Gasteiger partial charge in [0.15, 0.2) is 0 Å². The van der Waals surface area contributed by atoms with Crippen molar-refractivity contribution < 1.29 is 8.42 Å². The van der Waals surface area contributed by atoms with Crippen LogP contribution in [0.5, 0.6) is 0 Å². The number of rotatable bonds is 5. The molecule has 8 heteroatoms. The summed E-state index contributed by atoms with van der Waals surface area (Å²) in [6.45, 7) is 4.04. The fourth-order valence-electron chi connectivity index (χ4n) is 2.56. The molecule has 0 spiro atoms. The third-order valence-electron chi connectivity index (χ3n) is 4.13.